The molecule has 1 aliphatic heterocycles. The maximum atomic E-state index is 12.6. The average Bonchev–Trinajstić information content (AvgIpc) is 2.69. The Morgan fingerprint density at radius 2 is 2.07 bits per heavy atom. The molecule has 2 aromatic rings. The molecule has 0 saturated heterocycles. The van der Waals surface area contributed by atoms with Crippen LogP contribution in [0.4, 0.5) is 16.2 Å². The molecule has 0 amide bonds. The number of hydrogen-bond acceptors (Lipinski definition) is 8. The van der Waals surface area contributed by atoms with Crippen LogP contribution in [0.25, 0.3) is 0 Å². The number of nitrogens with one attached hydrogen (secondary N) is 2. The number of nitro benzene ring substituents is 1. The highest BCUT2D eigenvalue weighted by Gasteiger charge is 2.34. The van der Waals surface area contributed by atoms with Gasteiger partial charge in [0, 0.05) is 31.1 Å². The van der Waals surface area contributed by atoms with Crippen molar-refractivity contribution < 1.29 is 23.9 Å². The quantitative estimate of drug-likeness (QED) is 0.327. The van der Waals surface area contributed by atoms with Gasteiger partial charge in [-0.05, 0) is 18.6 Å². The van der Waals surface area contributed by atoms with Crippen molar-refractivity contribution in [2.75, 3.05) is 25.6 Å². The molecule has 2 heterocycles. The van der Waals surface area contributed by atoms with Crippen molar-refractivity contribution in [3.8, 4) is 0 Å². The standard InChI is InChI=1S/C19H19N3O7/c1-11-17(29-19(24)28-9-8-27-2)15(12-4-3-5-13(10-12)22(25)26)16-14(21-11)6-7-20-18(16)23/h3-7,10,15,21H,8-9H2,1-2H3,(H,20,23). The largest absolute Gasteiger partial charge is 0.513 e. The van der Waals surface area contributed by atoms with E-state index in [4.69, 9.17) is 14.2 Å². The number of rotatable bonds is 6. The summed E-state index contributed by atoms with van der Waals surface area (Å²) in [7, 11) is 1.47. The minimum absolute atomic E-state index is 0.00622. The van der Waals surface area contributed by atoms with E-state index in [0.29, 0.717) is 16.9 Å². The molecule has 1 unspecified atom stereocenters. The molecule has 0 fully saturated rings. The van der Waals surface area contributed by atoms with E-state index in [9.17, 15) is 19.7 Å². The van der Waals surface area contributed by atoms with Crippen molar-refractivity contribution in [1.29, 1.82) is 0 Å². The van der Waals surface area contributed by atoms with E-state index in [1.54, 1.807) is 19.1 Å². The van der Waals surface area contributed by atoms with Gasteiger partial charge in [0.25, 0.3) is 11.2 Å². The lowest BCUT2D eigenvalue weighted by molar-refractivity contribution is -0.384. The monoisotopic (exact) mass is 401 g/mol. The van der Waals surface area contributed by atoms with Crippen molar-refractivity contribution in [2.24, 2.45) is 0 Å². The number of H-pyrrole nitrogens is 1. The number of allylic oxidation sites excluding steroid dienone is 2. The Morgan fingerprint density at radius 1 is 1.28 bits per heavy atom. The highest BCUT2D eigenvalue weighted by Crippen LogP contribution is 2.41. The summed E-state index contributed by atoms with van der Waals surface area (Å²) in [5.41, 5.74) is 1.14. The van der Waals surface area contributed by atoms with Crippen LogP contribution in [0.3, 0.4) is 0 Å². The minimum atomic E-state index is -0.968. The predicted octanol–water partition coefficient (Wildman–Crippen LogP) is 2.87. The van der Waals surface area contributed by atoms with Crippen molar-refractivity contribution in [3.05, 3.63) is 79.6 Å². The van der Waals surface area contributed by atoms with Gasteiger partial charge in [-0.3, -0.25) is 14.9 Å². The molecule has 0 spiro atoms. The Balaban J connectivity index is 2.07. The molecular weight excluding hydrogens is 382 g/mol. The molecule has 3 rings (SSSR count). The van der Waals surface area contributed by atoms with E-state index in [1.165, 1.54) is 31.5 Å². The Labute approximate surface area is 165 Å². The first-order valence-corrected chi connectivity index (χ1v) is 8.69. The number of anilines is 1. The van der Waals surface area contributed by atoms with Gasteiger partial charge in [-0.25, -0.2) is 4.79 Å². The van der Waals surface area contributed by atoms with Gasteiger partial charge in [-0.2, -0.15) is 0 Å². The molecular formula is C19H19N3O7. The van der Waals surface area contributed by atoms with E-state index in [2.05, 4.69) is 10.3 Å². The number of aromatic nitrogens is 1. The number of benzene rings is 1. The fourth-order valence-corrected chi connectivity index (χ4v) is 3.10. The number of non-ortho nitro benzene ring substituents is 1. The summed E-state index contributed by atoms with van der Waals surface area (Å²) in [6.45, 7) is 1.86. The number of nitrogens with zero attached hydrogens (tertiary/aromatic N) is 1. The number of carbonyl (C=O) groups is 1. The third-order valence-corrected chi connectivity index (χ3v) is 4.36. The molecule has 1 atom stereocenters. The number of fused-ring (bicyclic) bond motifs is 1. The lowest BCUT2D eigenvalue weighted by atomic mass is 9.86. The molecule has 0 radical (unpaired) electrons. The van der Waals surface area contributed by atoms with Crippen molar-refractivity contribution in [1.82, 2.24) is 4.98 Å². The number of pyridine rings is 1. The summed E-state index contributed by atoms with van der Waals surface area (Å²) in [6.07, 6.45) is 0.515. The van der Waals surface area contributed by atoms with E-state index in [1.807, 2.05) is 0 Å². The van der Waals surface area contributed by atoms with E-state index in [0.717, 1.165) is 0 Å². The van der Waals surface area contributed by atoms with Crippen molar-refractivity contribution >= 4 is 17.5 Å². The minimum Gasteiger partial charge on any atom is -0.432 e. The number of carbonyl (C=O) groups excluding carboxylic acids is 1. The van der Waals surface area contributed by atoms with Crippen LogP contribution < -0.4 is 10.9 Å². The first-order chi connectivity index (χ1) is 13.9. The molecule has 2 N–H and O–H groups in total. The smallest absolute Gasteiger partial charge is 0.432 e. The zero-order valence-corrected chi connectivity index (χ0v) is 15.8. The van der Waals surface area contributed by atoms with Gasteiger partial charge in [0.2, 0.25) is 0 Å². The molecule has 1 aromatic heterocycles. The highest BCUT2D eigenvalue weighted by molar-refractivity contribution is 5.68. The Hall–Kier alpha value is -3.66. The van der Waals surface area contributed by atoms with Crippen molar-refractivity contribution in [2.45, 2.75) is 12.8 Å². The predicted molar refractivity (Wildman–Crippen MR) is 103 cm³/mol. The third-order valence-electron chi connectivity index (χ3n) is 4.36. The molecule has 152 valence electrons. The van der Waals surface area contributed by atoms with Crippen LogP contribution in [0.15, 0.2) is 52.8 Å². The molecule has 1 aromatic carbocycles. The lowest BCUT2D eigenvalue weighted by Crippen LogP contribution is -2.28. The summed E-state index contributed by atoms with van der Waals surface area (Å²) < 4.78 is 15.2. The van der Waals surface area contributed by atoms with E-state index < -0.39 is 22.6 Å². The van der Waals surface area contributed by atoms with E-state index >= 15 is 0 Å². The molecule has 0 saturated carbocycles. The Kier molecular flexibility index (Phi) is 5.93. The number of nitro groups is 1. The zero-order valence-electron chi connectivity index (χ0n) is 15.8. The molecule has 0 aliphatic carbocycles. The summed E-state index contributed by atoms with van der Waals surface area (Å²) in [5.74, 6) is -0.719. The van der Waals surface area contributed by atoms with Crippen LogP contribution in [0, 0.1) is 10.1 Å². The van der Waals surface area contributed by atoms with Gasteiger partial charge in [0.1, 0.15) is 12.4 Å². The Bertz CT molecular complexity index is 1030. The number of methoxy groups -OCH3 is 1. The summed E-state index contributed by atoms with van der Waals surface area (Å²) in [5, 5.41) is 14.2. The van der Waals surface area contributed by atoms with Crippen molar-refractivity contribution in [3.63, 3.8) is 0 Å². The van der Waals surface area contributed by atoms with E-state index in [-0.39, 0.29) is 30.2 Å². The van der Waals surface area contributed by atoms with Gasteiger partial charge in [0.15, 0.2) is 0 Å². The fourth-order valence-electron chi connectivity index (χ4n) is 3.10. The molecule has 10 nitrogen and oxygen atoms in total. The molecule has 10 heteroatoms. The van der Waals surface area contributed by atoms with Gasteiger partial charge < -0.3 is 24.5 Å². The molecule has 1 aliphatic rings. The normalized spacial score (nSPS) is 15.3. The van der Waals surface area contributed by atoms with Crippen LogP contribution in [0.2, 0.25) is 0 Å². The number of ether oxygens (including phenoxy) is 3. The number of aromatic amines is 1. The van der Waals surface area contributed by atoms with Gasteiger partial charge in [0.05, 0.1) is 28.7 Å². The average molecular weight is 401 g/mol. The zero-order chi connectivity index (χ0) is 21.0. The third kappa shape index (κ3) is 4.27. The topological polar surface area (TPSA) is 133 Å². The summed E-state index contributed by atoms with van der Waals surface area (Å²) >= 11 is 0. The van der Waals surface area contributed by atoms with Crippen LogP contribution in [-0.2, 0) is 14.2 Å². The first kappa shape index (κ1) is 20.1. The fraction of sp³-hybridized carbons (Fsp3) is 0.263. The summed E-state index contributed by atoms with van der Waals surface area (Å²) in [4.78, 5) is 38.0. The second kappa shape index (κ2) is 8.57. The second-order valence-electron chi connectivity index (χ2n) is 6.23. The van der Waals surface area contributed by atoms with Crippen LogP contribution >= 0.6 is 0 Å². The van der Waals surface area contributed by atoms with Gasteiger partial charge >= 0.3 is 6.16 Å². The summed E-state index contributed by atoms with van der Waals surface area (Å²) in [6, 6.07) is 7.50. The highest BCUT2D eigenvalue weighted by atomic mass is 16.7. The van der Waals surface area contributed by atoms with Gasteiger partial charge in [-0.15, -0.1) is 0 Å². The van der Waals surface area contributed by atoms with Crippen LogP contribution in [0.1, 0.15) is 24.0 Å². The maximum Gasteiger partial charge on any atom is 0.513 e. The Morgan fingerprint density at radius 3 is 2.79 bits per heavy atom. The van der Waals surface area contributed by atoms with Crippen LogP contribution in [0.5, 0.6) is 0 Å². The second-order valence-corrected chi connectivity index (χ2v) is 6.23. The van der Waals surface area contributed by atoms with Crippen LogP contribution in [-0.4, -0.2) is 36.4 Å². The first-order valence-electron chi connectivity index (χ1n) is 8.69. The maximum absolute atomic E-state index is 12.6. The molecule has 29 heavy (non-hydrogen) atoms. The van der Waals surface area contributed by atoms with Gasteiger partial charge in [-0.1, -0.05) is 12.1 Å². The molecule has 0 bridgehead atoms. The lowest BCUT2D eigenvalue weighted by Gasteiger charge is -2.29. The SMILES string of the molecule is COCCOC(=O)OC1=C(C)Nc2cc[nH]c(=O)c2C1c1cccc([N+](=O)[O-])c1. The number of hydrogen-bond donors (Lipinski definition) is 2.